The standard InChI is InChI=1S/C7H10F3N3O2/c8-7(9,10)3-13-6(15)4-1-12-5(14)2-11-4/h4,11H,1-3H2,(H,12,14)(H,13,15). The third-order valence-corrected chi connectivity index (χ3v) is 1.79. The Labute approximate surface area is 83.4 Å². The maximum atomic E-state index is 11.7. The first-order chi connectivity index (χ1) is 6.88. The molecule has 0 aliphatic carbocycles. The minimum absolute atomic E-state index is 0.00250. The van der Waals surface area contributed by atoms with Gasteiger partial charge in [-0.2, -0.15) is 13.2 Å². The van der Waals surface area contributed by atoms with Gasteiger partial charge in [0.1, 0.15) is 12.6 Å². The number of alkyl halides is 3. The summed E-state index contributed by atoms with van der Waals surface area (Å²) in [5.41, 5.74) is 0. The fraction of sp³-hybridized carbons (Fsp3) is 0.714. The summed E-state index contributed by atoms with van der Waals surface area (Å²) in [4.78, 5) is 21.8. The van der Waals surface area contributed by atoms with Crippen LogP contribution in [0, 0.1) is 0 Å². The molecule has 8 heteroatoms. The Morgan fingerprint density at radius 2 is 2.20 bits per heavy atom. The second kappa shape index (κ2) is 4.47. The van der Waals surface area contributed by atoms with E-state index in [0.29, 0.717) is 0 Å². The van der Waals surface area contributed by atoms with Crippen molar-refractivity contribution in [2.24, 2.45) is 0 Å². The van der Waals surface area contributed by atoms with Crippen LogP contribution in [-0.4, -0.2) is 43.7 Å². The monoisotopic (exact) mass is 225 g/mol. The van der Waals surface area contributed by atoms with Gasteiger partial charge in [0.25, 0.3) is 0 Å². The maximum absolute atomic E-state index is 11.7. The Bertz CT molecular complexity index is 257. The Hall–Kier alpha value is -1.31. The third-order valence-electron chi connectivity index (χ3n) is 1.79. The molecule has 0 saturated carbocycles. The van der Waals surface area contributed by atoms with Crippen LogP contribution in [-0.2, 0) is 9.59 Å². The smallest absolute Gasteiger partial charge is 0.353 e. The first-order valence-electron chi connectivity index (χ1n) is 4.23. The Kier molecular flexibility index (Phi) is 3.51. The summed E-state index contributed by atoms with van der Waals surface area (Å²) in [7, 11) is 0. The number of piperazine rings is 1. The van der Waals surface area contributed by atoms with Crippen LogP contribution in [0.15, 0.2) is 0 Å². The molecule has 1 heterocycles. The van der Waals surface area contributed by atoms with Crippen LogP contribution in [0.5, 0.6) is 0 Å². The van der Waals surface area contributed by atoms with Gasteiger partial charge < -0.3 is 10.6 Å². The lowest BCUT2D eigenvalue weighted by atomic mass is 10.2. The van der Waals surface area contributed by atoms with Gasteiger partial charge in [-0.15, -0.1) is 0 Å². The van der Waals surface area contributed by atoms with Crippen molar-refractivity contribution in [1.29, 1.82) is 0 Å². The fourth-order valence-electron chi connectivity index (χ4n) is 1.06. The summed E-state index contributed by atoms with van der Waals surface area (Å²) in [6.07, 6.45) is -4.42. The van der Waals surface area contributed by atoms with Gasteiger partial charge in [-0.05, 0) is 0 Å². The molecule has 0 aromatic rings. The topological polar surface area (TPSA) is 70.2 Å². The second-order valence-corrected chi connectivity index (χ2v) is 3.07. The molecular formula is C7H10F3N3O2. The molecule has 1 aliphatic rings. The molecule has 0 bridgehead atoms. The van der Waals surface area contributed by atoms with Gasteiger partial charge in [-0.25, -0.2) is 0 Å². The number of carbonyl (C=O) groups excluding carboxylic acids is 2. The van der Waals surface area contributed by atoms with Crippen molar-refractivity contribution in [3.05, 3.63) is 0 Å². The molecule has 0 spiro atoms. The van der Waals surface area contributed by atoms with E-state index in [0.717, 1.165) is 0 Å². The van der Waals surface area contributed by atoms with Gasteiger partial charge in [-0.1, -0.05) is 0 Å². The van der Waals surface area contributed by atoms with Crippen molar-refractivity contribution in [3.8, 4) is 0 Å². The van der Waals surface area contributed by atoms with Gasteiger partial charge in [0, 0.05) is 6.54 Å². The van der Waals surface area contributed by atoms with Crippen molar-refractivity contribution < 1.29 is 22.8 Å². The van der Waals surface area contributed by atoms with E-state index >= 15 is 0 Å². The first kappa shape index (κ1) is 11.8. The van der Waals surface area contributed by atoms with E-state index in [9.17, 15) is 22.8 Å². The van der Waals surface area contributed by atoms with Crippen LogP contribution in [0.25, 0.3) is 0 Å². The highest BCUT2D eigenvalue weighted by Gasteiger charge is 2.30. The number of carbonyl (C=O) groups is 2. The van der Waals surface area contributed by atoms with E-state index < -0.39 is 24.7 Å². The maximum Gasteiger partial charge on any atom is 0.405 e. The van der Waals surface area contributed by atoms with Crippen LogP contribution in [0.1, 0.15) is 0 Å². The first-order valence-corrected chi connectivity index (χ1v) is 4.23. The molecule has 0 aromatic carbocycles. The Morgan fingerprint density at radius 3 is 2.67 bits per heavy atom. The van der Waals surface area contributed by atoms with Crippen LogP contribution >= 0.6 is 0 Å². The molecule has 3 N–H and O–H groups in total. The molecule has 1 fully saturated rings. The number of nitrogens with one attached hydrogen (secondary N) is 3. The zero-order valence-corrected chi connectivity index (χ0v) is 7.65. The number of hydrogen-bond donors (Lipinski definition) is 3. The lowest BCUT2D eigenvalue weighted by Gasteiger charge is -2.23. The number of rotatable bonds is 2. The Balaban J connectivity index is 2.31. The lowest BCUT2D eigenvalue weighted by molar-refractivity contribution is -0.140. The van der Waals surface area contributed by atoms with E-state index in [-0.39, 0.29) is 19.0 Å². The largest absolute Gasteiger partial charge is 0.405 e. The van der Waals surface area contributed by atoms with E-state index in [4.69, 9.17) is 0 Å². The van der Waals surface area contributed by atoms with Crippen LogP contribution < -0.4 is 16.0 Å². The molecule has 5 nitrogen and oxygen atoms in total. The molecule has 1 aliphatic heterocycles. The Morgan fingerprint density at radius 1 is 1.53 bits per heavy atom. The van der Waals surface area contributed by atoms with Gasteiger partial charge in [0.15, 0.2) is 0 Å². The SMILES string of the molecule is O=C1CNC(C(=O)NCC(F)(F)F)CN1. The van der Waals surface area contributed by atoms with Crippen molar-refractivity contribution >= 4 is 11.8 Å². The van der Waals surface area contributed by atoms with Crippen molar-refractivity contribution in [2.75, 3.05) is 19.6 Å². The van der Waals surface area contributed by atoms with Gasteiger partial charge in [0.05, 0.1) is 6.54 Å². The van der Waals surface area contributed by atoms with E-state index in [1.807, 2.05) is 0 Å². The zero-order valence-electron chi connectivity index (χ0n) is 7.65. The zero-order chi connectivity index (χ0) is 11.5. The molecule has 1 atom stereocenters. The summed E-state index contributed by atoms with van der Waals surface area (Å²) >= 11 is 0. The molecule has 0 aromatic heterocycles. The van der Waals surface area contributed by atoms with E-state index in [1.54, 1.807) is 5.32 Å². The van der Waals surface area contributed by atoms with Crippen molar-refractivity contribution in [2.45, 2.75) is 12.2 Å². The normalized spacial score (nSPS) is 22.1. The summed E-state index contributed by atoms with van der Waals surface area (Å²) in [6.45, 7) is -1.43. The molecule has 1 unspecified atom stereocenters. The van der Waals surface area contributed by atoms with Crippen LogP contribution in [0.4, 0.5) is 13.2 Å². The molecule has 1 rings (SSSR count). The average Bonchev–Trinajstić information content (AvgIpc) is 2.14. The van der Waals surface area contributed by atoms with Gasteiger partial charge in [0.2, 0.25) is 11.8 Å². The molecule has 15 heavy (non-hydrogen) atoms. The van der Waals surface area contributed by atoms with E-state index in [1.165, 1.54) is 0 Å². The molecule has 2 amide bonds. The summed E-state index contributed by atoms with van der Waals surface area (Å²) in [6, 6.07) is -0.801. The quantitative estimate of drug-likeness (QED) is 0.550. The highest BCUT2D eigenvalue weighted by molar-refractivity contribution is 5.86. The lowest BCUT2D eigenvalue weighted by Crippen LogP contribution is -2.58. The van der Waals surface area contributed by atoms with Crippen molar-refractivity contribution in [1.82, 2.24) is 16.0 Å². The minimum Gasteiger partial charge on any atom is -0.353 e. The number of halogens is 3. The predicted molar refractivity (Wildman–Crippen MR) is 43.9 cm³/mol. The van der Waals surface area contributed by atoms with E-state index in [2.05, 4.69) is 10.6 Å². The fourth-order valence-corrected chi connectivity index (χ4v) is 1.06. The molecule has 1 saturated heterocycles. The van der Waals surface area contributed by atoms with Crippen LogP contribution in [0.3, 0.4) is 0 Å². The third kappa shape index (κ3) is 4.15. The average molecular weight is 225 g/mol. The van der Waals surface area contributed by atoms with Crippen molar-refractivity contribution in [3.63, 3.8) is 0 Å². The van der Waals surface area contributed by atoms with Gasteiger partial charge in [-0.3, -0.25) is 14.9 Å². The number of hydrogen-bond acceptors (Lipinski definition) is 3. The minimum atomic E-state index is -4.42. The van der Waals surface area contributed by atoms with Gasteiger partial charge >= 0.3 is 6.18 Å². The molecular weight excluding hydrogens is 215 g/mol. The molecule has 86 valence electrons. The second-order valence-electron chi connectivity index (χ2n) is 3.07. The summed E-state index contributed by atoms with van der Waals surface area (Å²) in [5.74, 6) is -1.05. The summed E-state index contributed by atoms with van der Waals surface area (Å²) < 4.78 is 35.2. The highest BCUT2D eigenvalue weighted by Crippen LogP contribution is 2.12. The predicted octanol–water partition coefficient (Wildman–Crippen LogP) is -1.25. The number of amides is 2. The van der Waals surface area contributed by atoms with Crippen LogP contribution in [0.2, 0.25) is 0 Å². The summed E-state index contributed by atoms with van der Waals surface area (Å²) in [5, 5.41) is 6.61. The highest BCUT2D eigenvalue weighted by atomic mass is 19.4. The molecule has 0 radical (unpaired) electrons.